The first-order chi connectivity index (χ1) is 14.0. The Morgan fingerprint density at radius 1 is 1.10 bits per heavy atom. The van der Waals surface area contributed by atoms with Crippen LogP contribution in [-0.4, -0.2) is 43.4 Å². The Morgan fingerprint density at radius 2 is 1.90 bits per heavy atom. The van der Waals surface area contributed by atoms with Gasteiger partial charge in [0.15, 0.2) is 0 Å². The van der Waals surface area contributed by atoms with Crippen LogP contribution in [-0.2, 0) is 14.8 Å². The van der Waals surface area contributed by atoms with Crippen molar-refractivity contribution in [1.82, 2.24) is 20.1 Å². The summed E-state index contributed by atoms with van der Waals surface area (Å²) in [5.41, 5.74) is 6.21. The van der Waals surface area contributed by atoms with E-state index in [1.807, 2.05) is 0 Å². The maximum Gasteiger partial charge on any atom is 0.243 e. The van der Waals surface area contributed by atoms with E-state index in [-0.39, 0.29) is 22.8 Å². The molecule has 1 aliphatic carbocycles. The number of piperidine rings is 1. The van der Waals surface area contributed by atoms with E-state index in [0.29, 0.717) is 12.2 Å². The van der Waals surface area contributed by atoms with E-state index in [0.717, 1.165) is 38.0 Å². The third-order valence-electron chi connectivity index (χ3n) is 5.06. The van der Waals surface area contributed by atoms with Gasteiger partial charge in [-0.2, -0.15) is 0 Å². The van der Waals surface area contributed by atoms with Crippen LogP contribution in [0.5, 0.6) is 0 Å². The maximum absolute atomic E-state index is 12.6. The minimum Gasteiger partial charge on any atom is -0.355 e. The van der Waals surface area contributed by atoms with E-state index in [2.05, 4.69) is 30.4 Å². The summed E-state index contributed by atoms with van der Waals surface area (Å²) in [7, 11) is -3.48. The number of rotatable bonds is 7. The second-order valence-electron chi connectivity index (χ2n) is 7.38. The highest BCUT2D eigenvalue weighted by atomic mass is 32.2. The summed E-state index contributed by atoms with van der Waals surface area (Å²) in [5, 5.41) is 0. The quantitative estimate of drug-likeness (QED) is 0.582. The van der Waals surface area contributed by atoms with E-state index in [9.17, 15) is 13.2 Å². The van der Waals surface area contributed by atoms with Crippen LogP contribution in [0.3, 0.4) is 0 Å². The van der Waals surface area contributed by atoms with Gasteiger partial charge >= 0.3 is 0 Å². The van der Waals surface area contributed by atoms with Crippen molar-refractivity contribution in [3.05, 3.63) is 42.9 Å². The van der Waals surface area contributed by atoms with Crippen LogP contribution >= 0.6 is 0 Å². The number of benzene rings is 1. The van der Waals surface area contributed by atoms with E-state index < -0.39 is 10.0 Å². The number of hydrogen-bond acceptors (Lipinski definition) is 7. The first-order valence-corrected chi connectivity index (χ1v) is 11.2. The minimum atomic E-state index is -3.48. The minimum absolute atomic E-state index is 0.0639. The molecule has 2 aromatic rings. The number of amides is 1. The molecule has 1 saturated carbocycles. The predicted molar refractivity (Wildman–Crippen MR) is 109 cm³/mol. The summed E-state index contributed by atoms with van der Waals surface area (Å²) in [6.45, 7) is 1.43. The number of nitrogens with zero attached hydrogens (tertiary/aromatic N) is 3. The molecular weight excluding hydrogens is 392 g/mol. The molecule has 1 aromatic carbocycles. The van der Waals surface area contributed by atoms with Crippen molar-refractivity contribution < 1.29 is 13.2 Å². The molecular formula is C19H24N6O3S. The standard InChI is InChI=1S/C19H24N6O3S/c26-19(14-2-1-11-25(13-14)18-12-20-9-10-21-18)23-22-15-5-7-17(8-6-15)29(27,28)24-16-3-4-16/h5-10,12,14,16,22,24H,1-4,11,13H2,(H,23,26). The molecule has 29 heavy (non-hydrogen) atoms. The van der Waals surface area contributed by atoms with Gasteiger partial charge in [0.25, 0.3) is 0 Å². The smallest absolute Gasteiger partial charge is 0.243 e. The number of anilines is 2. The summed E-state index contributed by atoms with van der Waals surface area (Å²) in [6.07, 6.45) is 8.45. The monoisotopic (exact) mass is 416 g/mol. The molecule has 2 fully saturated rings. The number of carbonyl (C=O) groups is 1. The highest BCUT2D eigenvalue weighted by Gasteiger charge is 2.28. The number of hydrogen-bond donors (Lipinski definition) is 3. The first-order valence-electron chi connectivity index (χ1n) is 9.70. The Bertz CT molecular complexity index is 948. The number of aromatic nitrogens is 2. The van der Waals surface area contributed by atoms with Crippen molar-refractivity contribution in [2.45, 2.75) is 36.6 Å². The molecule has 2 heterocycles. The molecule has 1 unspecified atom stereocenters. The summed E-state index contributed by atoms with van der Waals surface area (Å²) in [4.78, 5) is 23.2. The number of nitrogens with one attached hydrogen (secondary N) is 3. The highest BCUT2D eigenvalue weighted by Crippen LogP contribution is 2.23. The third-order valence-corrected chi connectivity index (χ3v) is 6.60. The molecule has 1 amide bonds. The molecule has 1 aromatic heterocycles. The Balaban J connectivity index is 1.31. The Labute approximate surface area is 170 Å². The largest absolute Gasteiger partial charge is 0.355 e. The van der Waals surface area contributed by atoms with E-state index >= 15 is 0 Å². The zero-order valence-corrected chi connectivity index (χ0v) is 16.7. The fourth-order valence-electron chi connectivity index (χ4n) is 3.30. The van der Waals surface area contributed by atoms with Crippen LogP contribution < -0.4 is 20.5 Å². The van der Waals surface area contributed by atoms with Gasteiger partial charge in [0.2, 0.25) is 15.9 Å². The molecule has 154 valence electrons. The lowest BCUT2D eigenvalue weighted by Crippen LogP contribution is -2.44. The molecule has 2 aliphatic rings. The molecule has 0 bridgehead atoms. The average molecular weight is 417 g/mol. The molecule has 10 heteroatoms. The summed E-state index contributed by atoms with van der Waals surface area (Å²) in [6, 6.07) is 6.38. The summed E-state index contributed by atoms with van der Waals surface area (Å²) in [5.74, 6) is 0.501. The molecule has 0 radical (unpaired) electrons. The van der Waals surface area contributed by atoms with Crippen LogP contribution in [0.2, 0.25) is 0 Å². The molecule has 9 nitrogen and oxygen atoms in total. The van der Waals surface area contributed by atoms with Gasteiger partial charge in [0, 0.05) is 31.5 Å². The third kappa shape index (κ3) is 5.01. The molecule has 4 rings (SSSR count). The average Bonchev–Trinajstić information content (AvgIpc) is 3.56. The zero-order chi connectivity index (χ0) is 20.3. The van der Waals surface area contributed by atoms with Gasteiger partial charge in [-0.3, -0.25) is 20.6 Å². The van der Waals surface area contributed by atoms with Gasteiger partial charge in [-0.1, -0.05) is 0 Å². The predicted octanol–water partition coefficient (Wildman–Crippen LogP) is 1.28. The van der Waals surface area contributed by atoms with Crippen LogP contribution in [0.1, 0.15) is 25.7 Å². The van der Waals surface area contributed by atoms with Crippen LogP contribution in [0.4, 0.5) is 11.5 Å². The molecule has 1 atom stereocenters. The lowest BCUT2D eigenvalue weighted by atomic mass is 9.97. The van der Waals surface area contributed by atoms with E-state index in [4.69, 9.17) is 0 Å². The number of sulfonamides is 1. The van der Waals surface area contributed by atoms with Crippen LogP contribution in [0, 0.1) is 5.92 Å². The number of carbonyl (C=O) groups excluding carboxylic acids is 1. The Hall–Kier alpha value is -2.72. The molecule has 0 spiro atoms. The fraction of sp³-hybridized carbons (Fsp3) is 0.421. The van der Waals surface area contributed by atoms with E-state index in [1.54, 1.807) is 30.7 Å². The zero-order valence-electron chi connectivity index (χ0n) is 15.9. The van der Waals surface area contributed by atoms with Crippen molar-refractivity contribution in [2.24, 2.45) is 5.92 Å². The lowest BCUT2D eigenvalue weighted by Gasteiger charge is -2.32. The molecule has 3 N–H and O–H groups in total. The van der Waals surface area contributed by atoms with Gasteiger partial charge in [-0.25, -0.2) is 18.1 Å². The number of hydrazine groups is 1. The van der Waals surface area contributed by atoms with Gasteiger partial charge in [-0.15, -0.1) is 0 Å². The van der Waals surface area contributed by atoms with Gasteiger partial charge < -0.3 is 4.90 Å². The second-order valence-corrected chi connectivity index (χ2v) is 9.10. The van der Waals surface area contributed by atoms with Gasteiger partial charge in [-0.05, 0) is 49.9 Å². The summed E-state index contributed by atoms with van der Waals surface area (Å²) < 4.78 is 27.0. The van der Waals surface area contributed by atoms with Crippen molar-refractivity contribution in [3.63, 3.8) is 0 Å². The van der Waals surface area contributed by atoms with Crippen molar-refractivity contribution in [3.8, 4) is 0 Å². The summed E-state index contributed by atoms with van der Waals surface area (Å²) >= 11 is 0. The van der Waals surface area contributed by atoms with E-state index in [1.165, 1.54) is 12.1 Å². The normalized spacial score (nSPS) is 19.6. The van der Waals surface area contributed by atoms with Crippen molar-refractivity contribution in [2.75, 3.05) is 23.4 Å². The van der Waals surface area contributed by atoms with Crippen molar-refractivity contribution in [1.29, 1.82) is 0 Å². The van der Waals surface area contributed by atoms with Gasteiger partial charge in [0.05, 0.1) is 22.7 Å². The van der Waals surface area contributed by atoms with Crippen LogP contribution in [0.25, 0.3) is 0 Å². The van der Waals surface area contributed by atoms with Crippen molar-refractivity contribution >= 4 is 27.4 Å². The maximum atomic E-state index is 12.6. The first kappa shape index (κ1) is 19.6. The second kappa shape index (κ2) is 8.34. The topological polar surface area (TPSA) is 116 Å². The highest BCUT2D eigenvalue weighted by molar-refractivity contribution is 7.89. The molecule has 1 aliphatic heterocycles. The van der Waals surface area contributed by atoms with Crippen LogP contribution in [0.15, 0.2) is 47.8 Å². The Morgan fingerprint density at radius 3 is 2.59 bits per heavy atom. The van der Waals surface area contributed by atoms with Gasteiger partial charge in [0.1, 0.15) is 5.82 Å². The Kier molecular flexibility index (Phi) is 5.63. The SMILES string of the molecule is O=C(NNc1ccc(S(=O)(=O)NC2CC2)cc1)C1CCCN(c2cnccn2)C1. The fourth-order valence-corrected chi connectivity index (χ4v) is 4.60. The molecule has 1 saturated heterocycles. The lowest BCUT2D eigenvalue weighted by molar-refractivity contribution is -0.124.